The zero-order valence-corrected chi connectivity index (χ0v) is 18.7. The van der Waals surface area contributed by atoms with Gasteiger partial charge < -0.3 is 24.8 Å². The highest BCUT2D eigenvalue weighted by molar-refractivity contribution is 6.02. The number of phenols is 1. The van der Waals surface area contributed by atoms with Crippen molar-refractivity contribution in [1.82, 2.24) is 4.90 Å². The Morgan fingerprint density at radius 3 is 2.34 bits per heavy atom. The highest BCUT2D eigenvalue weighted by Gasteiger charge is 2.28. The summed E-state index contributed by atoms with van der Waals surface area (Å²) in [5.74, 6) is -0.423. The number of nitrogens with one attached hydrogen (secondary N) is 1. The van der Waals surface area contributed by atoms with Crippen molar-refractivity contribution in [3.8, 4) is 17.2 Å². The Labute approximate surface area is 187 Å². The van der Waals surface area contributed by atoms with Crippen LogP contribution in [0.4, 0.5) is 5.69 Å². The van der Waals surface area contributed by atoms with Crippen molar-refractivity contribution in [1.29, 1.82) is 0 Å². The van der Waals surface area contributed by atoms with Gasteiger partial charge in [-0.2, -0.15) is 0 Å². The largest absolute Gasteiger partial charge is 0.507 e. The Bertz CT molecular complexity index is 1020. The van der Waals surface area contributed by atoms with Gasteiger partial charge in [-0.15, -0.1) is 0 Å². The van der Waals surface area contributed by atoms with Gasteiger partial charge in [0.2, 0.25) is 5.91 Å². The first-order valence-electron chi connectivity index (χ1n) is 10.5. The van der Waals surface area contributed by atoms with E-state index in [2.05, 4.69) is 10.1 Å². The molecule has 1 saturated carbocycles. The molecule has 0 bridgehead atoms. The minimum absolute atomic E-state index is 0.0920. The van der Waals surface area contributed by atoms with Gasteiger partial charge in [-0.1, -0.05) is 0 Å². The first-order chi connectivity index (χ1) is 15.2. The van der Waals surface area contributed by atoms with Crippen LogP contribution in [-0.2, 0) is 14.3 Å². The molecule has 2 N–H and O–H groups in total. The number of amides is 2. The van der Waals surface area contributed by atoms with E-state index in [1.807, 2.05) is 13.8 Å². The number of methoxy groups -OCH3 is 1. The van der Waals surface area contributed by atoms with Gasteiger partial charge in [-0.25, -0.2) is 0 Å². The van der Waals surface area contributed by atoms with Crippen LogP contribution in [0.2, 0.25) is 0 Å². The second-order valence-electron chi connectivity index (χ2n) is 8.02. The van der Waals surface area contributed by atoms with Crippen molar-refractivity contribution in [2.24, 2.45) is 0 Å². The summed E-state index contributed by atoms with van der Waals surface area (Å²) in [6.07, 6.45) is 2.68. The molecule has 0 spiro atoms. The fourth-order valence-corrected chi connectivity index (χ4v) is 3.59. The van der Waals surface area contributed by atoms with Crippen LogP contribution in [0.15, 0.2) is 30.3 Å². The number of ether oxygens (including phenoxy) is 2. The summed E-state index contributed by atoms with van der Waals surface area (Å²) in [7, 11) is 2.98. The quantitative estimate of drug-likeness (QED) is 0.499. The van der Waals surface area contributed by atoms with Crippen molar-refractivity contribution in [2.45, 2.75) is 45.6 Å². The molecular weight excluding hydrogens is 412 g/mol. The average Bonchev–Trinajstić information content (AvgIpc) is 2.69. The van der Waals surface area contributed by atoms with Crippen LogP contribution in [0.3, 0.4) is 0 Å². The Hall–Kier alpha value is -3.55. The van der Waals surface area contributed by atoms with Crippen LogP contribution < -0.4 is 10.1 Å². The lowest BCUT2D eigenvalue weighted by Crippen LogP contribution is -2.41. The van der Waals surface area contributed by atoms with E-state index in [0.29, 0.717) is 17.2 Å². The molecule has 0 aliphatic heterocycles. The van der Waals surface area contributed by atoms with E-state index >= 15 is 0 Å². The van der Waals surface area contributed by atoms with Gasteiger partial charge >= 0.3 is 5.97 Å². The topological polar surface area (TPSA) is 105 Å². The molecule has 1 aliphatic carbocycles. The first-order valence-corrected chi connectivity index (χ1v) is 10.5. The summed E-state index contributed by atoms with van der Waals surface area (Å²) >= 11 is 0. The Morgan fingerprint density at radius 2 is 1.78 bits per heavy atom. The number of phenolic OH excluding ortho intramolecular Hbond substituents is 1. The molecule has 8 heteroatoms. The number of hydrogen-bond acceptors (Lipinski definition) is 6. The first kappa shape index (κ1) is 23.1. The van der Waals surface area contributed by atoms with Crippen molar-refractivity contribution < 1.29 is 29.0 Å². The number of carbonyl (C=O) groups excluding carboxylic acids is 3. The summed E-state index contributed by atoms with van der Waals surface area (Å²) in [4.78, 5) is 37.7. The molecule has 1 aliphatic rings. The van der Waals surface area contributed by atoms with E-state index in [1.165, 1.54) is 19.2 Å². The number of anilines is 1. The van der Waals surface area contributed by atoms with Gasteiger partial charge in [-0.3, -0.25) is 14.4 Å². The molecule has 0 saturated heterocycles. The molecular formula is C24H28N2O6. The monoisotopic (exact) mass is 440 g/mol. The summed E-state index contributed by atoms with van der Waals surface area (Å²) in [5.41, 5.74) is 2.24. The average molecular weight is 440 g/mol. The van der Waals surface area contributed by atoms with Gasteiger partial charge in [0, 0.05) is 18.8 Å². The summed E-state index contributed by atoms with van der Waals surface area (Å²) in [6, 6.07) is 8.25. The lowest BCUT2D eigenvalue weighted by Gasteiger charge is -2.34. The fraction of sp³-hybridized carbons (Fsp3) is 0.375. The smallest absolute Gasteiger partial charge is 0.315 e. The van der Waals surface area contributed by atoms with Crippen molar-refractivity contribution >= 4 is 23.5 Å². The zero-order valence-electron chi connectivity index (χ0n) is 18.7. The predicted octanol–water partition coefficient (Wildman–Crippen LogP) is 3.93. The molecule has 1 fully saturated rings. The highest BCUT2D eigenvalue weighted by Crippen LogP contribution is 2.34. The molecule has 8 nitrogen and oxygen atoms in total. The Morgan fingerprint density at radius 1 is 1.12 bits per heavy atom. The molecule has 170 valence electrons. The fourth-order valence-electron chi connectivity index (χ4n) is 3.59. The summed E-state index contributed by atoms with van der Waals surface area (Å²) < 4.78 is 10.5. The zero-order chi connectivity index (χ0) is 23.4. The molecule has 32 heavy (non-hydrogen) atoms. The maximum absolute atomic E-state index is 12.8. The van der Waals surface area contributed by atoms with E-state index in [9.17, 15) is 19.5 Å². The number of hydrogen-bond donors (Lipinski definition) is 2. The number of aromatic hydroxyl groups is 1. The second kappa shape index (κ2) is 9.72. The molecule has 2 aromatic carbocycles. The van der Waals surface area contributed by atoms with E-state index < -0.39 is 11.9 Å². The number of carbonyl (C=O) groups is 3. The standard InChI is InChI=1S/C24H28N2O6/c1-14-10-16(25-21(28)13-22(29)31-4)11-15(2)23(14)32-18-8-9-20(27)19(12-18)24(30)26(3)17-6-5-7-17/h8-12,17,27H,5-7,13H2,1-4H3,(H,25,28). The number of benzene rings is 2. The van der Waals surface area contributed by atoms with Crippen LogP contribution >= 0.6 is 0 Å². The van der Waals surface area contributed by atoms with Crippen LogP contribution in [0.25, 0.3) is 0 Å². The molecule has 2 aromatic rings. The van der Waals surface area contributed by atoms with E-state index in [-0.39, 0.29) is 29.7 Å². The predicted molar refractivity (Wildman–Crippen MR) is 119 cm³/mol. The lowest BCUT2D eigenvalue weighted by atomic mass is 9.91. The molecule has 0 radical (unpaired) electrons. The SMILES string of the molecule is COC(=O)CC(=O)Nc1cc(C)c(Oc2ccc(O)c(C(=O)N(C)C3CCC3)c2)c(C)c1. The second-order valence-corrected chi connectivity index (χ2v) is 8.02. The minimum Gasteiger partial charge on any atom is -0.507 e. The van der Waals surface area contributed by atoms with E-state index in [4.69, 9.17) is 4.74 Å². The third-order valence-electron chi connectivity index (χ3n) is 5.64. The third kappa shape index (κ3) is 5.19. The maximum Gasteiger partial charge on any atom is 0.315 e. The molecule has 0 heterocycles. The van der Waals surface area contributed by atoms with Gasteiger partial charge in [0.1, 0.15) is 23.7 Å². The molecule has 2 amide bonds. The number of nitrogens with zero attached hydrogens (tertiary/aromatic N) is 1. The van der Waals surface area contributed by atoms with Crippen LogP contribution in [0.1, 0.15) is 47.2 Å². The van der Waals surface area contributed by atoms with E-state index in [0.717, 1.165) is 30.4 Å². The number of aryl methyl sites for hydroxylation is 2. The third-order valence-corrected chi connectivity index (χ3v) is 5.64. The maximum atomic E-state index is 12.8. The van der Waals surface area contributed by atoms with Gasteiger partial charge in [0.25, 0.3) is 5.91 Å². The Balaban J connectivity index is 1.77. The molecule has 0 atom stereocenters. The molecule has 3 rings (SSSR count). The van der Waals surface area contributed by atoms with Crippen molar-refractivity contribution in [2.75, 3.05) is 19.5 Å². The number of esters is 1. The lowest BCUT2D eigenvalue weighted by molar-refractivity contribution is -0.142. The highest BCUT2D eigenvalue weighted by atomic mass is 16.5. The van der Waals surface area contributed by atoms with Crippen LogP contribution in [0.5, 0.6) is 17.2 Å². The molecule has 0 unspecified atom stereocenters. The van der Waals surface area contributed by atoms with E-state index in [1.54, 1.807) is 30.1 Å². The Kier molecular flexibility index (Phi) is 7.02. The van der Waals surface area contributed by atoms with Crippen LogP contribution in [-0.4, -0.2) is 48.0 Å². The summed E-state index contributed by atoms with van der Waals surface area (Å²) in [6.45, 7) is 3.66. The number of rotatable bonds is 7. The van der Waals surface area contributed by atoms with Gasteiger partial charge in [0.05, 0.1) is 12.7 Å². The molecule has 0 aromatic heterocycles. The van der Waals surface area contributed by atoms with Gasteiger partial charge in [0.15, 0.2) is 0 Å². The summed E-state index contributed by atoms with van der Waals surface area (Å²) in [5, 5.41) is 12.9. The minimum atomic E-state index is -0.614. The van der Waals surface area contributed by atoms with Crippen LogP contribution in [0, 0.1) is 13.8 Å². The normalized spacial score (nSPS) is 13.1. The van der Waals surface area contributed by atoms with Crippen molar-refractivity contribution in [3.63, 3.8) is 0 Å². The van der Waals surface area contributed by atoms with Gasteiger partial charge in [-0.05, 0) is 74.6 Å². The van der Waals surface area contributed by atoms with Crippen molar-refractivity contribution in [3.05, 3.63) is 47.0 Å².